The van der Waals surface area contributed by atoms with Gasteiger partial charge in [-0.2, -0.15) is 0 Å². The Kier molecular flexibility index (Phi) is 5.34. The molecule has 0 heterocycles. The Morgan fingerprint density at radius 3 is 2.21 bits per heavy atom. The first-order valence-corrected chi connectivity index (χ1v) is 7.09. The Morgan fingerprint density at radius 1 is 1.21 bits per heavy atom. The van der Waals surface area contributed by atoms with Crippen LogP contribution in [0.15, 0.2) is 24.3 Å². The molecular formula is C14H19IN2O2. The largest absolute Gasteiger partial charge is 0.350 e. The summed E-state index contributed by atoms with van der Waals surface area (Å²) in [6.07, 6.45) is 0. The molecule has 0 aliphatic heterocycles. The molecule has 1 N–H and O–H groups in total. The zero-order valence-electron chi connectivity index (χ0n) is 11.7. The first-order valence-electron chi connectivity index (χ1n) is 6.01. The van der Waals surface area contributed by atoms with Gasteiger partial charge in [-0.15, -0.1) is 0 Å². The summed E-state index contributed by atoms with van der Waals surface area (Å²) in [7, 11) is 1.63. The van der Waals surface area contributed by atoms with E-state index >= 15 is 0 Å². The second kappa shape index (κ2) is 6.36. The molecule has 0 fully saturated rings. The van der Waals surface area contributed by atoms with Crippen LogP contribution in [0.4, 0.5) is 0 Å². The molecule has 1 aromatic rings. The zero-order valence-corrected chi connectivity index (χ0v) is 13.8. The lowest BCUT2D eigenvalue weighted by Gasteiger charge is -2.23. The fourth-order valence-corrected chi connectivity index (χ4v) is 1.92. The molecule has 0 aliphatic rings. The normalized spacial score (nSPS) is 11.0. The van der Waals surface area contributed by atoms with Crippen LogP contribution >= 0.6 is 22.6 Å². The third kappa shape index (κ3) is 5.59. The molecule has 0 unspecified atom stereocenters. The van der Waals surface area contributed by atoms with Gasteiger partial charge in [-0.3, -0.25) is 9.59 Å². The van der Waals surface area contributed by atoms with Crippen molar-refractivity contribution in [3.8, 4) is 0 Å². The van der Waals surface area contributed by atoms with Crippen LogP contribution in [0.25, 0.3) is 0 Å². The molecular weight excluding hydrogens is 355 g/mol. The third-order valence-corrected chi connectivity index (χ3v) is 3.05. The van der Waals surface area contributed by atoms with Crippen molar-refractivity contribution in [3.63, 3.8) is 0 Å². The second-order valence-electron chi connectivity index (χ2n) is 5.47. The van der Waals surface area contributed by atoms with E-state index in [1.807, 2.05) is 32.9 Å². The lowest BCUT2D eigenvalue weighted by atomic mass is 10.1. The van der Waals surface area contributed by atoms with Crippen LogP contribution in [-0.2, 0) is 4.79 Å². The van der Waals surface area contributed by atoms with Gasteiger partial charge in [0.1, 0.15) is 0 Å². The number of nitrogens with zero attached hydrogens (tertiary/aromatic N) is 1. The number of nitrogens with one attached hydrogen (secondary N) is 1. The quantitative estimate of drug-likeness (QED) is 0.826. The minimum atomic E-state index is -0.288. The van der Waals surface area contributed by atoms with Crippen LogP contribution in [0, 0.1) is 3.57 Å². The van der Waals surface area contributed by atoms with Gasteiger partial charge in [-0.05, 0) is 67.6 Å². The summed E-state index contributed by atoms with van der Waals surface area (Å²) in [6.45, 7) is 5.78. The number of halogens is 1. The Hall–Kier alpha value is -1.11. The number of rotatable bonds is 3. The van der Waals surface area contributed by atoms with Crippen LogP contribution in [-0.4, -0.2) is 35.8 Å². The third-order valence-electron chi connectivity index (χ3n) is 2.33. The molecule has 0 aromatic heterocycles. The summed E-state index contributed by atoms with van der Waals surface area (Å²) < 4.78 is 1.07. The van der Waals surface area contributed by atoms with Gasteiger partial charge in [0, 0.05) is 21.7 Å². The Labute approximate surface area is 127 Å². The van der Waals surface area contributed by atoms with Crippen molar-refractivity contribution in [3.05, 3.63) is 33.4 Å². The smallest absolute Gasteiger partial charge is 0.254 e. The van der Waals surface area contributed by atoms with E-state index in [9.17, 15) is 9.59 Å². The summed E-state index contributed by atoms with van der Waals surface area (Å²) in [5.41, 5.74) is 0.301. The molecule has 0 bridgehead atoms. The maximum Gasteiger partial charge on any atom is 0.254 e. The number of amides is 2. The monoisotopic (exact) mass is 374 g/mol. The van der Waals surface area contributed by atoms with Crippen molar-refractivity contribution >= 4 is 34.4 Å². The highest BCUT2D eigenvalue weighted by Gasteiger charge is 2.18. The van der Waals surface area contributed by atoms with Crippen LogP contribution < -0.4 is 5.32 Å². The SMILES string of the molecule is CN(CC(=O)NC(C)(C)C)C(=O)c1ccc(I)cc1. The van der Waals surface area contributed by atoms with E-state index in [1.54, 1.807) is 19.2 Å². The zero-order chi connectivity index (χ0) is 14.6. The number of hydrogen-bond donors (Lipinski definition) is 1. The fourth-order valence-electron chi connectivity index (χ4n) is 1.56. The molecule has 1 aromatic carbocycles. The van der Waals surface area contributed by atoms with E-state index in [4.69, 9.17) is 0 Å². The Balaban J connectivity index is 2.63. The Morgan fingerprint density at radius 2 is 1.74 bits per heavy atom. The second-order valence-corrected chi connectivity index (χ2v) is 6.71. The van der Waals surface area contributed by atoms with E-state index in [1.165, 1.54) is 4.90 Å². The topological polar surface area (TPSA) is 49.4 Å². The number of likely N-dealkylation sites (N-methyl/N-ethyl adjacent to an activating group) is 1. The van der Waals surface area contributed by atoms with Crippen LogP contribution in [0.1, 0.15) is 31.1 Å². The molecule has 0 atom stereocenters. The van der Waals surface area contributed by atoms with Gasteiger partial charge in [-0.25, -0.2) is 0 Å². The van der Waals surface area contributed by atoms with E-state index in [0.717, 1.165) is 3.57 Å². The average Bonchev–Trinajstić information content (AvgIpc) is 2.26. The van der Waals surface area contributed by atoms with Gasteiger partial charge < -0.3 is 10.2 Å². The van der Waals surface area contributed by atoms with E-state index in [-0.39, 0.29) is 23.9 Å². The maximum atomic E-state index is 12.1. The number of carbonyl (C=O) groups excluding carboxylic acids is 2. The van der Waals surface area contributed by atoms with E-state index in [2.05, 4.69) is 27.9 Å². The number of hydrogen-bond acceptors (Lipinski definition) is 2. The van der Waals surface area contributed by atoms with E-state index in [0.29, 0.717) is 5.56 Å². The highest BCUT2D eigenvalue weighted by molar-refractivity contribution is 14.1. The van der Waals surface area contributed by atoms with Crippen molar-refractivity contribution in [1.82, 2.24) is 10.2 Å². The van der Waals surface area contributed by atoms with Gasteiger partial charge in [0.2, 0.25) is 5.91 Å². The standard InChI is InChI=1S/C14H19IN2O2/c1-14(2,3)16-12(18)9-17(4)13(19)10-5-7-11(15)8-6-10/h5-8H,9H2,1-4H3,(H,16,18). The molecule has 1 rings (SSSR count). The summed E-state index contributed by atoms with van der Waals surface area (Å²) in [5, 5.41) is 2.83. The highest BCUT2D eigenvalue weighted by atomic mass is 127. The van der Waals surface area contributed by atoms with Gasteiger partial charge in [-0.1, -0.05) is 0 Å². The van der Waals surface area contributed by atoms with Gasteiger partial charge in [0.15, 0.2) is 0 Å². The van der Waals surface area contributed by atoms with Crippen LogP contribution in [0.2, 0.25) is 0 Å². The van der Waals surface area contributed by atoms with Crippen molar-refractivity contribution in [2.24, 2.45) is 0 Å². The molecule has 0 aliphatic carbocycles. The average molecular weight is 374 g/mol. The molecule has 4 nitrogen and oxygen atoms in total. The van der Waals surface area contributed by atoms with Crippen molar-refractivity contribution in [2.75, 3.05) is 13.6 Å². The van der Waals surface area contributed by atoms with E-state index < -0.39 is 0 Å². The summed E-state index contributed by atoms with van der Waals surface area (Å²) in [5.74, 6) is -0.311. The molecule has 0 saturated carbocycles. The molecule has 2 amide bonds. The first-order chi connectivity index (χ1) is 8.69. The minimum absolute atomic E-state index is 0.0576. The van der Waals surface area contributed by atoms with Crippen molar-refractivity contribution in [2.45, 2.75) is 26.3 Å². The van der Waals surface area contributed by atoms with Crippen LogP contribution in [0.3, 0.4) is 0 Å². The minimum Gasteiger partial charge on any atom is -0.350 e. The van der Waals surface area contributed by atoms with Crippen LogP contribution in [0.5, 0.6) is 0 Å². The Bertz CT molecular complexity index is 463. The molecule has 5 heteroatoms. The molecule has 104 valence electrons. The maximum absolute atomic E-state index is 12.1. The van der Waals surface area contributed by atoms with Gasteiger partial charge in [0.05, 0.1) is 6.54 Å². The molecule has 0 spiro atoms. The summed E-state index contributed by atoms with van der Waals surface area (Å²) in [6, 6.07) is 7.28. The number of carbonyl (C=O) groups is 2. The fraction of sp³-hybridized carbons (Fsp3) is 0.429. The first kappa shape index (κ1) is 15.9. The highest BCUT2D eigenvalue weighted by Crippen LogP contribution is 2.09. The lowest BCUT2D eigenvalue weighted by molar-refractivity contribution is -0.122. The predicted octanol–water partition coefficient (Wildman–Crippen LogP) is 2.28. The summed E-state index contributed by atoms with van der Waals surface area (Å²) in [4.78, 5) is 25.3. The van der Waals surface area contributed by atoms with Crippen molar-refractivity contribution < 1.29 is 9.59 Å². The molecule has 0 saturated heterocycles. The van der Waals surface area contributed by atoms with Crippen molar-refractivity contribution in [1.29, 1.82) is 0 Å². The summed E-state index contributed by atoms with van der Waals surface area (Å²) >= 11 is 2.18. The van der Waals surface area contributed by atoms with Gasteiger partial charge in [0.25, 0.3) is 5.91 Å². The lowest BCUT2D eigenvalue weighted by Crippen LogP contribution is -2.46. The molecule has 19 heavy (non-hydrogen) atoms. The predicted molar refractivity (Wildman–Crippen MR) is 84.0 cm³/mol. The van der Waals surface area contributed by atoms with Gasteiger partial charge >= 0.3 is 0 Å². The molecule has 0 radical (unpaired) electrons. The number of benzene rings is 1.